The fourth-order valence-corrected chi connectivity index (χ4v) is 1.84. The van der Waals surface area contributed by atoms with E-state index in [2.05, 4.69) is 4.90 Å². The quantitative estimate of drug-likeness (QED) is 0.794. The molecule has 1 fully saturated rings. The van der Waals surface area contributed by atoms with Crippen molar-refractivity contribution in [2.24, 2.45) is 0 Å². The molecule has 1 saturated heterocycles. The molecular formula is C13H13F6NO2. The number of anilines is 1. The molecule has 0 aromatic heterocycles. The standard InChI is InChI=1S/C11H12F3N.C2HF3O2/c12-11(13,14)9-3-5-10(6-4-9)15-7-1-2-8-15;3-2(4,5)1(6)7/h3-6H,1-2,7-8H2;(H,6,7). The average molecular weight is 329 g/mol. The van der Waals surface area contributed by atoms with Crippen LogP contribution in [0.4, 0.5) is 32.0 Å². The predicted octanol–water partition coefficient (Wildman–Crippen LogP) is 3.94. The molecule has 0 saturated carbocycles. The first-order valence-electron chi connectivity index (χ1n) is 6.24. The van der Waals surface area contributed by atoms with Crippen LogP contribution in [0.1, 0.15) is 18.4 Å². The van der Waals surface area contributed by atoms with Crippen LogP contribution in [0.2, 0.25) is 0 Å². The molecule has 1 N–H and O–H groups in total. The summed E-state index contributed by atoms with van der Waals surface area (Å²) in [5.74, 6) is -2.76. The first-order valence-corrected chi connectivity index (χ1v) is 6.24. The summed E-state index contributed by atoms with van der Waals surface area (Å²) < 4.78 is 68.6. The van der Waals surface area contributed by atoms with Crippen molar-refractivity contribution < 1.29 is 36.2 Å². The van der Waals surface area contributed by atoms with Crippen molar-refractivity contribution in [1.82, 2.24) is 0 Å². The monoisotopic (exact) mass is 329 g/mol. The van der Waals surface area contributed by atoms with Crippen molar-refractivity contribution in [2.75, 3.05) is 18.0 Å². The molecule has 2 rings (SSSR count). The second kappa shape index (κ2) is 6.89. The van der Waals surface area contributed by atoms with Crippen LogP contribution < -0.4 is 4.90 Å². The van der Waals surface area contributed by atoms with Crippen LogP contribution in [0.5, 0.6) is 0 Å². The molecule has 3 nitrogen and oxygen atoms in total. The Morgan fingerprint density at radius 1 is 0.955 bits per heavy atom. The topological polar surface area (TPSA) is 40.5 Å². The molecule has 0 atom stereocenters. The summed E-state index contributed by atoms with van der Waals surface area (Å²) in [5, 5.41) is 7.12. The van der Waals surface area contributed by atoms with E-state index in [1.165, 1.54) is 0 Å². The minimum Gasteiger partial charge on any atom is -0.475 e. The van der Waals surface area contributed by atoms with Crippen molar-refractivity contribution in [3.8, 4) is 0 Å². The molecule has 1 aliphatic heterocycles. The molecule has 0 radical (unpaired) electrons. The lowest BCUT2D eigenvalue weighted by molar-refractivity contribution is -0.192. The number of carbonyl (C=O) groups is 1. The lowest BCUT2D eigenvalue weighted by Gasteiger charge is -2.18. The minimum absolute atomic E-state index is 0.578. The number of hydrogen-bond donors (Lipinski definition) is 1. The third-order valence-electron chi connectivity index (χ3n) is 2.91. The number of carboxylic acids is 1. The zero-order chi connectivity index (χ0) is 17.0. The Morgan fingerprint density at radius 2 is 1.36 bits per heavy atom. The van der Waals surface area contributed by atoms with Crippen LogP contribution in [0.3, 0.4) is 0 Å². The van der Waals surface area contributed by atoms with Crippen molar-refractivity contribution >= 4 is 11.7 Å². The van der Waals surface area contributed by atoms with E-state index in [1.54, 1.807) is 12.1 Å². The minimum atomic E-state index is -5.08. The van der Waals surface area contributed by atoms with E-state index >= 15 is 0 Å². The second-order valence-corrected chi connectivity index (χ2v) is 4.54. The maximum Gasteiger partial charge on any atom is 0.490 e. The predicted molar refractivity (Wildman–Crippen MR) is 66.6 cm³/mol. The fraction of sp³-hybridized carbons (Fsp3) is 0.462. The number of benzene rings is 1. The Balaban J connectivity index is 0.000000295. The van der Waals surface area contributed by atoms with Gasteiger partial charge < -0.3 is 10.0 Å². The molecule has 9 heteroatoms. The number of nitrogens with zero attached hydrogens (tertiary/aromatic N) is 1. The van der Waals surface area contributed by atoms with Gasteiger partial charge >= 0.3 is 18.3 Å². The summed E-state index contributed by atoms with van der Waals surface area (Å²) in [7, 11) is 0. The van der Waals surface area contributed by atoms with Crippen molar-refractivity contribution in [2.45, 2.75) is 25.2 Å². The van der Waals surface area contributed by atoms with Gasteiger partial charge in [0, 0.05) is 18.8 Å². The molecule has 1 aliphatic rings. The van der Waals surface area contributed by atoms with Gasteiger partial charge in [0.2, 0.25) is 0 Å². The Hall–Kier alpha value is -1.93. The number of hydrogen-bond acceptors (Lipinski definition) is 2. The van der Waals surface area contributed by atoms with Crippen molar-refractivity contribution in [3.63, 3.8) is 0 Å². The highest BCUT2D eigenvalue weighted by Crippen LogP contribution is 2.31. The molecule has 0 aliphatic carbocycles. The highest BCUT2D eigenvalue weighted by atomic mass is 19.4. The van der Waals surface area contributed by atoms with Gasteiger partial charge in [-0.2, -0.15) is 26.3 Å². The van der Waals surface area contributed by atoms with Gasteiger partial charge in [0.15, 0.2) is 0 Å². The lowest BCUT2D eigenvalue weighted by atomic mass is 10.2. The van der Waals surface area contributed by atoms with Crippen molar-refractivity contribution in [1.29, 1.82) is 0 Å². The van der Waals surface area contributed by atoms with E-state index in [1.807, 2.05) is 0 Å². The molecule has 0 unspecified atom stereocenters. The van der Waals surface area contributed by atoms with Crippen LogP contribution >= 0.6 is 0 Å². The van der Waals surface area contributed by atoms with E-state index in [-0.39, 0.29) is 0 Å². The number of aliphatic carboxylic acids is 1. The summed E-state index contributed by atoms with van der Waals surface area (Å²) >= 11 is 0. The number of halogens is 6. The Bertz CT molecular complexity index is 489. The molecule has 22 heavy (non-hydrogen) atoms. The van der Waals surface area contributed by atoms with E-state index < -0.39 is 23.9 Å². The zero-order valence-electron chi connectivity index (χ0n) is 11.2. The lowest BCUT2D eigenvalue weighted by Crippen LogP contribution is -2.21. The van der Waals surface area contributed by atoms with E-state index in [0.717, 1.165) is 43.8 Å². The van der Waals surface area contributed by atoms with Crippen LogP contribution in [-0.4, -0.2) is 30.3 Å². The largest absolute Gasteiger partial charge is 0.490 e. The first-order chi connectivity index (χ1) is 10.0. The summed E-state index contributed by atoms with van der Waals surface area (Å²) in [5.41, 5.74) is 0.311. The highest BCUT2D eigenvalue weighted by Gasteiger charge is 2.38. The van der Waals surface area contributed by atoms with Gasteiger partial charge in [0.1, 0.15) is 0 Å². The second-order valence-electron chi connectivity index (χ2n) is 4.54. The van der Waals surface area contributed by atoms with E-state index in [9.17, 15) is 26.3 Å². The fourth-order valence-electron chi connectivity index (χ4n) is 1.84. The number of carboxylic acid groups (broad SMARTS) is 1. The van der Waals surface area contributed by atoms with Crippen molar-refractivity contribution in [3.05, 3.63) is 29.8 Å². The maximum atomic E-state index is 12.3. The highest BCUT2D eigenvalue weighted by molar-refractivity contribution is 5.73. The number of alkyl halides is 6. The average Bonchev–Trinajstić information content (AvgIpc) is 2.91. The van der Waals surface area contributed by atoms with E-state index in [4.69, 9.17) is 9.90 Å². The third-order valence-corrected chi connectivity index (χ3v) is 2.91. The molecule has 0 spiro atoms. The summed E-state index contributed by atoms with van der Waals surface area (Å²) in [4.78, 5) is 11.0. The van der Waals surface area contributed by atoms with Gasteiger partial charge in [-0.1, -0.05) is 0 Å². The molecule has 1 aromatic rings. The molecule has 1 aromatic carbocycles. The van der Waals surface area contributed by atoms with Crippen LogP contribution in [0.15, 0.2) is 24.3 Å². The van der Waals surface area contributed by atoms with Gasteiger partial charge in [-0.25, -0.2) is 4.79 Å². The Kier molecular flexibility index (Phi) is 5.67. The molecule has 124 valence electrons. The van der Waals surface area contributed by atoms with E-state index in [0.29, 0.717) is 0 Å². The SMILES string of the molecule is FC(F)(F)c1ccc(N2CCCC2)cc1.O=C(O)C(F)(F)F. The number of rotatable bonds is 1. The molecule has 1 heterocycles. The zero-order valence-corrected chi connectivity index (χ0v) is 11.2. The van der Waals surface area contributed by atoms with Gasteiger partial charge in [-0.15, -0.1) is 0 Å². The maximum absolute atomic E-state index is 12.3. The third kappa shape index (κ3) is 5.45. The molecule has 0 bridgehead atoms. The van der Waals surface area contributed by atoms with Gasteiger partial charge in [0.25, 0.3) is 0 Å². The summed E-state index contributed by atoms with van der Waals surface area (Å²) in [6, 6.07) is 5.39. The van der Waals surface area contributed by atoms with Crippen LogP contribution in [0, 0.1) is 0 Å². The van der Waals surface area contributed by atoms with Gasteiger partial charge in [-0.3, -0.25) is 0 Å². The Morgan fingerprint density at radius 3 is 1.68 bits per heavy atom. The summed E-state index contributed by atoms with van der Waals surface area (Å²) in [6.07, 6.45) is -7.06. The molecule has 0 amide bonds. The van der Waals surface area contributed by atoms with Gasteiger partial charge in [-0.05, 0) is 37.1 Å². The molecular weight excluding hydrogens is 316 g/mol. The normalized spacial score (nSPS) is 15.3. The first kappa shape index (κ1) is 18.1. The van der Waals surface area contributed by atoms with Gasteiger partial charge in [0.05, 0.1) is 5.56 Å². The van der Waals surface area contributed by atoms with Crippen LogP contribution in [0.25, 0.3) is 0 Å². The van der Waals surface area contributed by atoms with Crippen LogP contribution in [-0.2, 0) is 11.0 Å². The Labute approximate surface area is 122 Å². The smallest absolute Gasteiger partial charge is 0.475 e. The summed E-state index contributed by atoms with van der Waals surface area (Å²) in [6.45, 7) is 1.90.